The normalized spacial score (nSPS) is 20.4. The van der Waals surface area contributed by atoms with E-state index in [9.17, 15) is 4.79 Å². The number of pyridine rings is 1. The smallest absolute Gasteiger partial charge is 0.166 e. The molecule has 1 aromatic rings. The molecule has 15 heavy (non-hydrogen) atoms. The maximum Gasteiger partial charge on any atom is 0.166 e. The number of rotatable bonds is 3. The Morgan fingerprint density at radius 1 is 1.67 bits per heavy atom. The number of ketones is 1. The molecular formula is C11H14N2O2. The molecule has 2 heterocycles. The number of nitrogens with two attached hydrogens (primary N) is 1. The minimum absolute atomic E-state index is 0.104. The zero-order chi connectivity index (χ0) is 10.7. The third-order valence-corrected chi connectivity index (χ3v) is 2.58. The zero-order valence-electron chi connectivity index (χ0n) is 8.48. The van der Waals surface area contributed by atoms with Gasteiger partial charge in [-0.15, -0.1) is 0 Å². The molecular weight excluding hydrogens is 192 g/mol. The van der Waals surface area contributed by atoms with E-state index in [-0.39, 0.29) is 11.9 Å². The van der Waals surface area contributed by atoms with E-state index in [0.717, 1.165) is 18.4 Å². The molecule has 2 rings (SSSR count). The van der Waals surface area contributed by atoms with E-state index < -0.39 is 0 Å². The molecule has 1 fully saturated rings. The predicted octanol–water partition coefficient (Wildman–Crippen LogP) is 0.954. The highest BCUT2D eigenvalue weighted by Crippen LogP contribution is 2.16. The first-order valence-corrected chi connectivity index (χ1v) is 5.11. The van der Waals surface area contributed by atoms with Crippen LogP contribution in [0.4, 0.5) is 5.82 Å². The molecule has 1 unspecified atom stereocenters. The van der Waals surface area contributed by atoms with Gasteiger partial charge in [0.2, 0.25) is 0 Å². The number of carbonyl (C=O) groups is 1. The van der Waals surface area contributed by atoms with Gasteiger partial charge in [0, 0.05) is 24.8 Å². The van der Waals surface area contributed by atoms with Crippen molar-refractivity contribution in [1.82, 2.24) is 4.98 Å². The van der Waals surface area contributed by atoms with Gasteiger partial charge < -0.3 is 10.5 Å². The SMILES string of the molecule is Nc1ncccc1CC(=O)C1CCCO1. The molecule has 4 nitrogen and oxygen atoms in total. The van der Waals surface area contributed by atoms with Gasteiger partial charge in [0.15, 0.2) is 5.78 Å². The average molecular weight is 206 g/mol. The Bertz CT molecular complexity index is 359. The molecule has 0 amide bonds. The molecule has 4 heteroatoms. The number of ether oxygens (including phenoxy) is 1. The van der Waals surface area contributed by atoms with Crippen LogP contribution in [0.1, 0.15) is 18.4 Å². The first-order valence-electron chi connectivity index (χ1n) is 5.11. The number of carbonyl (C=O) groups excluding carboxylic acids is 1. The van der Waals surface area contributed by atoms with Gasteiger partial charge in [-0.25, -0.2) is 4.98 Å². The molecule has 0 radical (unpaired) electrons. The van der Waals surface area contributed by atoms with Crippen LogP contribution in [-0.2, 0) is 16.0 Å². The van der Waals surface area contributed by atoms with Crippen LogP contribution in [0, 0.1) is 0 Å². The Morgan fingerprint density at radius 3 is 3.20 bits per heavy atom. The molecule has 1 aliphatic heterocycles. The highest BCUT2D eigenvalue weighted by Gasteiger charge is 2.23. The Labute approximate surface area is 88.4 Å². The fourth-order valence-corrected chi connectivity index (χ4v) is 1.73. The van der Waals surface area contributed by atoms with Crippen molar-refractivity contribution >= 4 is 11.6 Å². The topological polar surface area (TPSA) is 65.2 Å². The van der Waals surface area contributed by atoms with Crippen LogP contribution < -0.4 is 5.73 Å². The lowest BCUT2D eigenvalue weighted by molar-refractivity contribution is -0.127. The van der Waals surface area contributed by atoms with Crippen molar-refractivity contribution in [3.8, 4) is 0 Å². The van der Waals surface area contributed by atoms with Crippen LogP contribution in [-0.4, -0.2) is 23.5 Å². The number of hydrogen-bond donors (Lipinski definition) is 1. The van der Waals surface area contributed by atoms with Gasteiger partial charge in [0.25, 0.3) is 0 Å². The molecule has 0 spiro atoms. The fourth-order valence-electron chi connectivity index (χ4n) is 1.73. The summed E-state index contributed by atoms with van der Waals surface area (Å²) in [6.45, 7) is 0.693. The number of anilines is 1. The lowest BCUT2D eigenvalue weighted by Crippen LogP contribution is -2.21. The summed E-state index contributed by atoms with van der Waals surface area (Å²) in [6.07, 6.45) is 3.52. The number of hydrogen-bond acceptors (Lipinski definition) is 4. The number of nitrogen functional groups attached to an aromatic ring is 1. The Kier molecular flexibility index (Phi) is 2.97. The van der Waals surface area contributed by atoms with Crippen molar-refractivity contribution in [3.63, 3.8) is 0 Å². The van der Waals surface area contributed by atoms with E-state index in [1.165, 1.54) is 0 Å². The monoisotopic (exact) mass is 206 g/mol. The van der Waals surface area contributed by atoms with E-state index in [2.05, 4.69) is 4.98 Å². The second-order valence-electron chi connectivity index (χ2n) is 3.69. The van der Waals surface area contributed by atoms with Crippen LogP contribution >= 0.6 is 0 Å². The molecule has 80 valence electrons. The molecule has 0 saturated carbocycles. The minimum atomic E-state index is -0.232. The van der Waals surface area contributed by atoms with Gasteiger partial charge in [-0.05, 0) is 18.9 Å². The molecule has 1 aromatic heterocycles. The van der Waals surface area contributed by atoms with Gasteiger partial charge in [-0.1, -0.05) is 6.07 Å². The van der Waals surface area contributed by atoms with E-state index in [1.54, 1.807) is 12.3 Å². The maximum atomic E-state index is 11.8. The van der Waals surface area contributed by atoms with Crippen molar-refractivity contribution < 1.29 is 9.53 Å². The van der Waals surface area contributed by atoms with Gasteiger partial charge in [0.1, 0.15) is 11.9 Å². The highest BCUT2D eigenvalue weighted by atomic mass is 16.5. The average Bonchev–Trinajstić information content (AvgIpc) is 2.74. The summed E-state index contributed by atoms with van der Waals surface area (Å²) in [6, 6.07) is 3.61. The van der Waals surface area contributed by atoms with Crippen LogP contribution in [0.15, 0.2) is 18.3 Å². The summed E-state index contributed by atoms with van der Waals surface area (Å²) in [7, 11) is 0. The first-order chi connectivity index (χ1) is 7.27. The number of nitrogens with zero attached hydrogens (tertiary/aromatic N) is 1. The van der Waals surface area contributed by atoms with Crippen LogP contribution in [0.3, 0.4) is 0 Å². The molecule has 0 aromatic carbocycles. The van der Waals surface area contributed by atoms with Crippen LogP contribution in [0.2, 0.25) is 0 Å². The van der Waals surface area contributed by atoms with E-state index >= 15 is 0 Å². The Balaban J connectivity index is 2.02. The van der Waals surface area contributed by atoms with Crippen molar-refractivity contribution in [2.75, 3.05) is 12.3 Å². The summed E-state index contributed by atoms with van der Waals surface area (Å²) in [5.41, 5.74) is 6.45. The fraction of sp³-hybridized carbons (Fsp3) is 0.455. The van der Waals surface area contributed by atoms with Crippen molar-refractivity contribution in [1.29, 1.82) is 0 Å². The molecule has 2 N–H and O–H groups in total. The van der Waals surface area contributed by atoms with Gasteiger partial charge in [-0.2, -0.15) is 0 Å². The van der Waals surface area contributed by atoms with Crippen molar-refractivity contribution in [2.24, 2.45) is 0 Å². The van der Waals surface area contributed by atoms with Crippen molar-refractivity contribution in [3.05, 3.63) is 23.9 Å². The first kappa shape index (κ1) is 10.1. The molecule has 1 aliphatic rings. The van der Waals surface area contributed by atoms with Crippen LogP contribution in [0.5, 0.6) is 0 Å². The van der Waals surface area contributed by atoms with Gasteiger partial charge in [-0.3, -0.25) is 4.79 Å². The summed E-state index contributed by atoms with van der Waals surface area (Å²) in [4.78, 5) is 15.7. The third-order valence-electron chi connectivity index (χ3n) is 2.58. The molecule has 1 saturated heterocycles. The quantitative estimate of drug-likeness (QED) is 0.799. The lowest BCUT2D eigenvalue weighted by Gasteiger charge is -2.08. The van der Waals surface area contributed by atoms with Crippen LogP contribution in [0.25, 0.3) is 0 Å². The van der Waals surface area contributed by atoms with E-state index in [4.69, 9.17) is 10.5 Å². The lowest BCUT2D eigenvalue weighted by atomic mass is 10.0. The summed E-state index contributed by atoms with van der Waals surface area (Å²) in [5, 5.41) is 0. The minimum Gasteiger partial charge on any atom is -0.383 e. The third kappa shape index (κ3) is 2.33. The Hall–Kier alpha value is -1.42. The maximum absolute atomic E-state index is 11.8. The summed E-state index contributed by atoms with van der Waals surface area (Å²) < 4.78 is 5.32. The predicted molar refractivity (Wildman–Crippen MR) is 56.3 cm³/mol. The van der Waals surface area contributed by atoms with Crippen molar-refractivity contribution in [2.45, 2.75) is 25.4 Å². The van der Waals surface area contributed by atoms with Gasteiger partial charge in [0.05, 0.1) is 0 Å². The van der Waals surface area contributed by atoms with E-state index in [0.29, 0.717) is 18.8 Å². The van der Waals surface area contributed by atoms with E-state index in [1.807, 2.05) is 6.07 Å². The number of aromatic nitrogens is 1. The molecule has 0 bridgehead atoms. The molecule has 1 atom stereocenters. The zero-order valence-corrected chi connectivity index (χ0v) is 8.48. The van der Waals surface area contributed by atoms with Gasteiger partial charge >= 0.3 is 0 Å². The molecule has 0 aliphatic carbocycles. The second-order valence-corrected chi connectivity index (χ2v) is 3.69. The highest BCUT2D eigenvalue weighted by molar-refractivity contribution is 5.86. The Morgan fingerprint density at radius 2 is 2.53 bits per heavy atom. The number of Topliss-reactive ketones (excluding diaryl/α,β-unsaturated/α-hetero) is 1. The second kappa shape index (κ2) is 4.40. The standard InChI is InChI=1S/C11H14N2O2/c12-11-8(3-1-5-13-11)7-9(14)10-4-2-6-15-10/h1,3,5,10H,2,4,6-7H2,(H2,12,13). The summed E-state index contributed by atoms with van der Waals surface area (Å²) >= 11 is 0. The largest absolute Gasteiger partial charge is 0.383 e. The summed E-state index contributed by atoms with van der Waals surface area (Å²) in [5.74, 6) is 0.538.